The summed E-state index contributed by atoms with van der Waals surface area (Å²) in [7, 11) is 0. The second kappa shape index (κ2) is 5.67. The SMILES string of the molecule is Cc1nccc(CNc2ccc(C(N)=O)c(Cl)c2)n1. The van der Waals surface area contributed by atoms with Crippen molar-refractivity contribution in [2.45, 2.75) is 13.5 Å². The van der Waals surface area contributed by atoms with Gasteiger partial charge >= 0.3 is 0 Å². The third kappa shape index (κ3) is 3.42. The number of anilines is 1. The third-order valence-corrected chi connectivity index (χ3v) is 2.85. The van der Waals surface area contributed by atoms with Crippen molar-refractivity contribution in [3.8, 4) is 0 Å². The van der Waals surface area contributed by atoms with Gasteiger partial charge in [-0.3, -0.25) is 4.79 Å². The van der Waals surface area contributed by atoms with Crippen LogP contribution in [0.2, 0.25) is 5.02 Å². The Bertz CT molecular complexity index is 615. The lowest BCUT2D eigenvalue weighted by atomic mass is 10.2. The van der Waals surface area contributed by atoms with Crippen LogP contribution in [0.4, 0.5) is 5.69 Å². The molecule has 0 bridgehead atoms. The largest absolute Gasteiger partial charge is 0.379 e. The van der Waals surface area contributed by atoms with Crippen LogP contribution in [0.15, 0.2) is 30.5 Å². The minimum atomic E-state index is -0.539. The molecule has 98 valence electrons. The summed E-state index contributed by atoms with van der Waals surface area (Å²) in [5.41, 5.74) is 7.17. The van der Waals surface area contributed by atoms with Crippen LogP contribution in [0, 0.1) is 6.92 Å². The maximum absolute atomic E-state index is 11.1. The van der Waals surface area contributed by atoms with Gasteiger partial charge in [-0.15, -0.1) is 0 Å². The summed E-state index contributed by atoms with van der Waals surface area (Å²) < 4.78 is 0. The van der Waals surface area contributed by atoms with Crippen LogP contribution in [0.3, 0.4) is 0 Å². The standard InChI is InChI=1S/C13H13ClN4O/c1-8-16-5-4-10(18-8)7-17-9-2-3-11(13(15)19)12(14)6-9/h2-6,17H,7H2,1H3,(H2,15,19). The van der Waals surface area contributed by atoms with E-state index < -0.39 is 5.91 Å². The highest BCUT2D eigenvalue weighted by atomic mass is 35.5. The fourth-order valence-corrected chi connectivity index (χ4v) is 1.89. The first-order valence-electron chi connectivity index (χ1n) is 5.68. The van der Waals surface area contributed by atoms with Crippen LogP contribution in [0.25, 0.3) is 0 Å². The molecule has 0 fully saturated rings. The van der Waals surface area contributed by atoms with Crippen molar-refractivity contribution < 1.29 is 4.79 Å². The molecule has 0 aliphatic rings. The Labute approximate surface area is 115 Å². The lowest BCUT2D eigenvalue weighted by Gasteiger charge is -2.08. The van der Waals surface area contributed by atoms with E-state index in [2.05, 4.69) is 15.3 Å². The average molecular weight is 277 g/mol. The van der Waals surface area contributed by atoms with Crippen molar-refractivity contribution in [2.75, 3.05) is 5.32 Å². The van der Waals surface area contributed by atoms with Gasteiger partial charge in [0, 0.05) is 11.9 Å². The molecule has 0 spiro atoms. The first-order chi connectivity index (χ1) is 9.06. The number of aryl methyl sites for hydroxylation is 1. The van der Waals surface area contributed by atoms with Crippen LogP contribution in [0.1, 0.15) is 21.9 Å². The van der Waals surface area contributed by atoms with Gasteiger partial charge in [-0.1, -0.05) is 11.6 Å². The van der Waals surface area contributed by atoms with E-state index in [1.54, 1.807) is 24.4 Å². The van der Waals surface area contributed by atoms with Gasteiger partial charge in [0.05, 0.1) is 22.8 Å². The molecule has 0 unspecified atom stereocenters. The molecule has 0 saturated heterocycles. The lowest BCUT2D eigenvalue weighted by Crippen LogP contribution is -2.11. The topological polar surface area (TPSA) is 80.9 Å². The number of aromatic nitrogens is 2. The first-order valence-corrected chi connectivity index (χ1v) is 6.06. The molecule has 5 nitrogen and oxygen atoms in total. The molecule has 0 aliphatic heterocycles. The van der Waals surface area contributed by atoms with Gasteiger partial charge in [0.2, 0.25) is 5.91 Å². The average Bonchev–Trinajstić information content (AvgIpc) is 2.36. The molecule has 1 aromatic carbocycles. The molecular formula is C13H13ClN4O. The zero-order chi connectivity index (χ0) is 13.8. The fraction of sp³-hybridized carbons (Fsp3) is 0.154. The van der Waals surface area contributed by atoms with E-state index in [0.717, 1.165) is 17.2 Å². The molecular weight excluding hydrogens is 264 g/mol. The van der Waals surface area contributed by atoms with Gasteiger partial charge in [-0.25, -0.2) is 9.97 Å². The molecule has 2 rings (SSSR count). The van der Waals surface area contributed by atoms with Gasteiger partial charge < -0.3 is 11.1 Å². The highest BCUT2D eigenvalue weighted by molar-refractivity contribution is 6.34. The molecule has 19 heavy (non-hydrogen) atoms. The van der Waals surface area contributed by atoms with Crippen molar-refractivity contribution in [1.82, 2.24) is 9.97 Å². The maximum Gasteiger partial charge on any atom is 0.250 e. The zero-order valence-corrected chi connectivity index (χ0v) is 11.1. The molecule has 1 aromatic heterocycles. The second-order valence-electron chi connectivity index (χ2n) is 4.01. The number of hydrogen-bond acceptors (Lipinski definition) is 4. The van der Waals surface area contributed by atoms with Crippen LogP contribution in [0.5, 0.6) is 0 Å². The van der Waals surface area contributed by atoms with Gasteiger partial charge in [0.1, 0.15) is 5.82 Å². The molecule has 2 aromatic rings. The number of primary amides is 1. The smallest absolute Gasteiger partial charge is 0.250 e. The summed E-state index contributed by atoms with van der Waals surface area (Å²) in [6.07, 6.45) is 1.71. The zero-order valence-electron chi connectivity index (χ0n) is 10.4. The minimum Gasteiger partial charge on any atom is -0.379 e. The summed E-state index contributed by atoms with van der Waals surface area (Å²) in [6, 6.07) is 6.84. The molecule has 6 heteroatoms. The number of rotatable bonds is 4. The van der Waals surface area contributed by atoms with Crippen molar-refractivity contribution in [2.24, 2.45) is 5.73 Å². The minimum absolute atomic E-state index is 0.310. The van der Waals surface area contributed by atoms with E-state index in [9.17, 15) is 4.79 Å². The predicted octanol–water partition coefficient (Wildman–Crippen LogP) is 2.15. The van der Waals surface area contributed by atoms with E-state index in [4.69, 9.17) is 17.3 Å². The summed E-state index contributed by atoms with van der Waals surface area (Å²) >= 11 is 5.96. The van der Waals surface area contributed by atoms with Gasteiger partial charge in [0.15, 0.2) is 0 Å². The monoisotopic (exact) mass is 276 g/mol. The van der Waals surface area contributed by atoms with Gasteiger partial charge in [-0.2, -0.15) is 0 Å². The Morgan fingerprint density at radius 2 is 2.21 bits per heavy atom. The van der Waals surface area contributed by atoms with Crippen molar-refractivity contribution in [3.63, 3.8) is 0 Å². The van der Waals surface area contributed by atoms with Crippen LogP contribution >= 0.6 is 11.6 Å². The van der Waals surface area contributed by atoms with Crippen LogP contribution in [-0.4, -0.2) is 15.9 Å². The Hall–Kier alpha value is -2.14. The van der Waals surface area contributed by atoms with Crippen LogP contribution < -0.4 is 11.1 Å². The Morgan fingerprint density at radius 3 is 2.84 bits per heavy atom. The van der Waals surface area contributed by atoms with E-state index >= 15 is 0 Å². The Kier molecular flexibility index (Phi) is 3.97. The molecule has 0 radical (unpaired) electrons. The lowest BCUT2D eigenvalue weighted by molar-refractivity contribution is 0.100. The summed E-state index contributed by atoms with van der Waals surface area (Å²) in [5.74, 6) is 0.185. The first kappa shape index (κ1) is 13.3. The van der Waals surface area contributed by atoms with E-state index in [1.165, 1.54) is 0 Å². The number of amides is 1. The normalized spacial score (nSPS) is 10.2. The molecule has 1 amide bonds. The number of carbonyl (C=O) groups excluding carboxylic acids is 1. The number of nitrogens with one attached hydrogen (secondary N) is 1. The highest BCUT2D eigenvalue weighted by Crippen LogP contribution is 2.20. The van der Waals surface area contributed by atoms with E-state index in [-0.39, 0.29) is 0 Å². The summed E-state index contributed by atoms with van der Waals surface area (Å²) in [6.45, 7) is 2.39. The maximum atomic E-state index is 11.1. The van der Waals surface area contributed by atoms with Crippen molar-refractivity contribution in [1.29, 1.82) is 0 Å². The Balaban J connectivity index is 2.08. The molecule has 0 aliphatic carbocycles. The number of benzene rings is 1. The Morgan fingerprint density at radius 1 is 1.42 bits per heavy atom. The number of carbonyl (C=O) groups is 1. The van der Waals surface area contributed by atoms with Crippen molar-refractivity contribution >= 4 is 23.2 Å². The number of halogens is 1. The van der Waals surface area contributed by atoms with Gasteiger partial charge in [0.25, 0.3) is 0 Å². The molecule has 0 atom stereocenters. The molecule has 1 heterocycles. The van der Waals surface area contributed by atoms with Crippen LogP contribution in [-0.2, 0) is 6.54 Å². The fourth-order valence-electron chi connectivity index (χ4n) is 1.62. The highest BCUT2D eigenvalue weighted by Gasteiger charge is 2.07. The van der Waals surface area contributed by atoms with E-state index in [1.807, 2.05) is 13.0 Å². The third-order valence-electron chi connectivity index (χ3n) is 2.54. The number of hydrogen-bond donors (Lipinski definition) is 2. The van der Waals surface area contributed by atoms with Gasteiger partial charge in [-0.05, 0) is 31.2 Å². The molecule has 0 saturated carbocycles. The molecule has 3 N–H and O–H groups in total. The van der Waals surface area contributed by atoms with Crippen molar-refractivity contribution in [3.05, 3.63) is 52.6 Å². The van der Waals surface area contributed by atoms with E-state index in [0.29, 0.717) is 17.1 Å². The predicted molar refractivity (Wildman–Crippen MR) is 74.1 cm³/mol. The number of nitrogens with two attached hydrogens (primary N) is 1. The summed E-state index contributed by atoms with van der Waals surface area (Å²) in [5, 5.41) is 3.50. The number of nitrogens with zero attached hydrogens (tertiary/aromatic N) is 2. The second-order valence-corrected chi connectivity index (χ2v) is 4.41. The summed E-state index contributed by atoms with van der Waals surface area (Å²) in [4.78, 5) is 19.4. The quantitative estimate of drug-likeness (QED) is 0.896.